The summed E-state index contributed by atoms with van der Waals surface area (Å²) in [5, 5.41) is 8.44. The quantitative estimate of drug-likeness (QED) is 0.453. The van der Waals surface area contributed by atoms with Crippen LogP contribution in [0.15, 0.2) is 0 Å². The summed E-state index contributed by atoms with van der Waals surface area (Å²) in [5.74, 6) is 5.58. The number of carboxylic acid groups (broad SMARTS) is 1. The van der Waals surface area contributed by atoms with Crippen molar-refractivity contribution in [3.05, 3.63) is 0 Å². The van der Waals surface area contributed by atoms with E-state index in [1.807, 2.05) is 0 Å². The molecule has 0 aliphatic rings. The van der Waals surface area contributed by atoms with Gasteiger partial charge >= 0.3 is 5.97 Å². The molecule has 0 aliphatic heterocycles. The van der Waals surface area contributed by atoms with E-state index in [0.29, 0.717) is 0 Å². The second-order valence-corrected chi connectivity index (χ2v) is 4.47. The van der Waals surface area contributed by atoms with Crippen molar-refractivity contribution in [3.8, 4) is 11.8 Å². The van der Waals surface area contributed by atoms with Crippen molar-refractivity contribution in [2.24, 2.45) is 0 Å². The Morgan fingerprint density at radius 2 is 1.41 bits per heavy atom. The van der Waals surface area contributed by atoms with Crippen LogP contribution in [0.5, 0.6) is 0 Å². The standard InChI is InChI=1S/C15H26O2/c1-2-3-4-5-6-7-8-9-10-11-12-13-14-15(16)17/h2-8,11-14H2,1H3,(H,16,17). The molecule has 98 valence electrons. The lowest BCUT2D eigenvalue weighted by atomic mass is 10.1. The van der Waals surface area contributed by atoms with Gasteiger partial charge in [0.1, 0.15) is 0 Å². The fraction of sp³-hybridized carbons (Fsp3) is 0.800. The minimum absolute atomic E-state index is 0.277. The van der Waals surface area contributed by atoms with Crippen LogP contribution in [0.3, 0.4) is 0 Å². The van der Waals surface area contributed by atoms with E-state index in [2.05, 4.69) is 18.8 Å². The largest absolute Gasteiger partial charge is 0.481 e. The Hall–Kier alpha value is -0.970. The van der Waals surface area contributed by atoms with Crippen molar-refractivity contribution in [2.45, 2.75) is 77.6 Å². The van der Waals surface area contributed by atoms with Gasteiger partial charge in [-0.2, -0.15) is 0 Å². The predicted molar refractivity (Wildman–Crippen MR) is 71.9 cm³/mol. The molecule has 2 heteroatoms. The molecular formula is C15H26O2. The number of carboxylic acids is 1. The van der Waals surface area contributed by atoms with Crippen LogP contribution in [0.25, 0.3) is 0 Å². The molecular weight excluding hydrogens is 212 g/mol. The molecule has 0 fully saturated rings. The average molecular weight is 238 g/mol. The van der Waals surface area contributed by atoms with Crippen LogP contribution in [0.2, 0.25) is 0 Å². The van der Waals surface area contributed by atoms with E-state index in [1.165, 1.54) is 38.5 Å². The molecule has 0 bridgehead atoms. The lowest BCUT2D eigenvalue weighted by Gasteiger charge is -1.96. The molecule has 0 heterocycles. The van der Waals surface area contributed by atoms with Crippen molar-refractivity contribution in [1.82, 2.24) is 0 Å². The van der Waals surface area contributed by atoms with Gasteiger partial charge in [-0.05, 0) is 19.3 Å². The van der Waals surface area contributed by atoms with E-state index in [1.54, 1.807) is 0 Å². The highest BCUT2D eigenvalue weighted by atomic mass is 16.4. The SMILES string of the molecule is CCCCCCCCC#CCCCCC(=O)O. The molecule has 0 unspecified atom stereocenters. The third-order valence-electron chi connectivity index (χ3n) is 2.72. The van der Waals surface area contributed by atoms with E-state index in [0.717, 1.165) is 25.7 Å². The average Bonchev–Trinajstić information content (AvgIpc) is 2.30. The normalized spacial score (nSPS) is 9.71. The Bertz CT molecular complexity index is 235. The van der Waals surface area contributed by atoms with Crippen molar-refractivity contribution >= 4 is 5.97 Å². The summed E-state index contributed by atoms with van der Waals surface area (Å²) in [5.41, 5.74) is 0. The summed E-state index contributed by atoms with van der Waals surface area (Å²) >= 11 is 0. The maximum absolute atomic E-state index is 10.2. The maximum atomic E-state index is 10.2. The molecule has 0 saturated carbocycles. The molecule has 0 aliphatic carbocycles. The monoisotopic (exact) mass is 238 g/mol. The fourth-order valence-corrected chi connectivity index (χ4v) is 1.66. The van der Waals surface area contributed by atoms with Crippen LogP contribution < -0.4 is 0 Å². The van der Waals surface area contributed by atoms with Crippen molar-refractivity contribution in [1.29, 1.82) is 0 Å². The summed E-state index contributed by atoms with van der Waals surface area (Å²) in [4.78, 5) is 10.2. The summed E-state index contributed by atoms with van der Waals surface area (Å²) < 4.78 is 0. The van der Waals surface area contributed by atoms with E-state index in [4.69, 9.17) is 5.11 Å². The van der Waals surface area contributed by atoms with E-state index in [9.17, 15) is 4.79 Å². The smallest absolute Gasteiger partial charge is 0.303 e. The van der Waals surface area contributed by atoms with Gasteiger partial charge in [0.2, 0.25) is 0 Å². The summed E-state index contributed by atoms with van der Waals surface area (Å²) in [6.07, 6.45) is 11.7. The Morgan fingerprint density at radius 3 is 2.00 bits per heavy atom. The molecule has 0 atom stereocenters. The molecule has 0 amide bonds. The number of hydrogen-bond acceptors (Lipinski definition) is 1. The maximum Gasteiger partial charge on any atom is 0.303 e. The zero-order valence-electron chi connectivity index (χ0n) is 11.1. The first-order chi connectivity index (χ1) is 8.27. The topological polar surface area (TPSA) is 37.3 Å². The van der Waals surface area contributed by atoms with Gasteiger partial charge < -0.3 is 5.11 Å². The fourth-order valence-electron chi connectivity index (χ4n) is 1.66. The van der Waals surface area contributed by atoms with Gasteiger partial charge in [-0.3, -0.25) is 4.79 Å². The lowest BCUT2D eigenvalue weighted by molar-refractivity contribution is -0.137. The molecule has 17 heavy (non-hydrogen) atoms. The number of aliphatic carboxylic acids is 1. The minimum Gasteiger partial charge on any atom is -0.481 e. The molecule has 0 spiro atoms. The number of unbranched alkanes of at least 4 members (excludes halogenated alkanes) is 8. The molecule has 2 nitrogen and oxygen atoms in total. The third-order valence-corrected chi connectivity index (χ3v) is 2.72. The number of rotatable bonds is 10. The highest BCUT2D eigenvalue weighted by Gasteiger charge is 1.94. The minimum atomic E-state index is -0.704. The second-order valence-electron chi connectivity index (χ2n) is 4.47. The van der Waals surface area contributed by atoms with Gasteiger partial charge in [0.15, 0.2) is 0 Å². The first kappa shape index (κ1) is 16.0. The van der Waals surface area contributed by atoms with Gasteiger partial charge in [0, 0.05) is 19.3 Å². The molecule has 0 radical (unpaired) electrons. The number of hydrogen-bond donors (Lipinski definition) is 1. The summed E-state index contributed by atoms with van der Waals surface area (Å²) in [6, 6.07) is 0. The van der Waals surface area contributed by atoms with Crippen molar-refractivity contribution in [3.63, 3.8) is 0 Å². The first-order valence-corrected chi connectivity index (χ1v) is 6.95. The Labute approximate surface area is 106 Å². The molecule has 1 N–H and O–H groups in total. The molecule has 0 rings (SSSR count). The zero-order chi connectivity index (χ0) is 12.8. The molecule has 0 aromatic rings. The Morgan fingerprint density at radius 1 is 0.882 bits per heavy atom. The van der Waals surface area contributed by atoms with Crippen LogP contribution in [-0.2, 0) is 4.79 Å². The Balaban J connectivity index is 3.12. The summed E-state index contributed by atoms with van der Waals surface area (Å²) in [7, 11) is 0. The lowest BCUT2D eigenvalue weighted by Crippen LogP contribution is -1.92. The predicted octanol–water partition coefficient (Wildman–Crippen LogP) is 4.39. The van der Waals surface area contributed by atoms with E-state index >= 15 is 0 Å². The van der Waals surface area contributed by atoms with Gasteiger partial charge in [0.25, 0.3) is 0 Å². The highest BCUT2D eigenvalue weighted by Crippen LogP contribution is 2.06. The van der Waals surface area contributed by atoms with Crippen LogP contribution in [0.4, 0.5) is 0 Å². The van der Waals surface area contributed by atoms with Gasteiger partial charge in [-0.15, -0.1) is 11.8 Å². The third kappa shape index (κ3) is 15.0. The Kier molecular flexibility index (Phi) is 12.3. The van der Waals surface area contributed by atoms with E-state index < -0.39 is 5.97 Å². The van der Waals surface area contributed by atoms with Crippen LogP contribution in [0, 0.1) is 11.8 Å². The van der Waals surface area contributed by atoms with Crippen molar-refractivity contribution < 1.29 is 9.90 Å². The number of carbonyl (C=O) groups is 1. The van der Waals surface area contributed by atoms with Gasteiger partial charge in [0.05, 0.1) is 0 Å². The molecule has 0 aromatic carbocycles. The second kappa shape index (κ2) is 13.1. The highest BCUT2D eigenvalue weighted by molar-refractivity contribution is 5.66. The van der Waals surface area contributed by atoms with Crippen LogP contribution in [-0.4, -0.2) is 11.1 Å². The summed E-state index contributed by atoms with van der Waals surface area (Å²) in [6.45, 7) is 2.23. The van der Waals surface area contributed by atoms with Crippen LogP contribution >= 0.6 is 0 Å². The zero-order valence-corrected chi connectivity index (χ0v) is 11.1. The van der Waals surface area contributed by atoms with Crippen molar-refractivity contribution in [2.75, 3.05) is 0 Å². The van der Waals surface area contributed by atoms with E-state index in [-0.39, 0.29) is 6.42 Å². The van der Waals surface area contributed by atoms with Crippen LogP contribution in [0.1, 0.15) is 77.6 Å². The molecule has 0 aromatic heterocycles. The molecule has 0 saturated heterocycles. The first-order valence-electron chi connectivity index (χ1n) is 6.95. The van der Waals surface area contributed by atoms with Gasteiger partial charge in [-0.25, -0.2) is 0 Å². The van der Waals surface area contributed by atoms with Gasteiger partial charge in [-0.1, -0.05) is 39.0 Å².